The minimum absolute atomic E-state index is 0.0894. The predicted molar refractivity (Wildman–Crippen MR) is 175 cm³/mol. The van der Waals surface area contributed by atoms with Crippen LogP contribution < -0.4 is 14.8 Å². The van der Waals surface area contributed by atoms with E-state index in [0.717, 1.165) is 21.7 Å². The topological polar surface area (TPSA) is 129 Å². The lowest BCUT2D eigenvalue weighted by Crippen LogP contribution is -2.53. The molecule has 0 radical (unpaired) electrons. The monoisotopic (exact) mass is 650 g/mol. The van der Waals surface area contributed by atoms with Crippen molar-refractivity contribution in [2.45, 2.75) is 83.6 Å². The Morgan fingerprint density at radius 2 is 1.91 bits per heavy atom. The lowest BCUT2D eigenvalue weighted by atomic mass is 10.1. The number of nitrogens with zero attached hydrogens (tertiary/aromatic N) is 3. The number of amides is 2. The molecule has 2 aromatic heterocycles. The molecule has 1 saturated carbocycles. The molecular formula is C34H42N4O7S. The van der Waals surface area contributed by atoms with E-state index in [9.17, 15) is 14.4 Å². The molecule has 46 heavy (non-hydrogen) atoms. The Labute approximate surface area is 273 Å². The van der Waals surface area contributed by atoms with Gasteiger partial charge in [-0.05, 0) is 52.2 Å². The van der Waals surface area contributed by atoms with Gasteiger partial charge in [0, 0.05) is 34.7 Å². The highest BCUT2D eigenvalue weighted by atomic mass is 32.1. The summed E-state index contributed by atoms with van der Waals surface area (Å²) in [4.78, 5) is 51.0. The molecule has 2 fully saturated rings. The van der Waals surface area contributed by atoms with E-state index >= 15 is 0 Å². The van der Waals surface area contributed by atoms with E-state index in [2.05, 4.69) is 25.7 Å². The Hall–Kier alpha value is -4.19. The molecule has 12 heteroatoms. The van der Waals surface area contributed by atoms with E-state index in [-0.39, 0.29) is 24.8 Å². The van der Waals surface area contributed by atoms with Crippen molar-refractivity contribution < 1.29 is 33.3 Å². The van der Waals surface area contributed by atoms with E-state index in [1.807, 2.05) is 30.5 Å². The van der Waals surface area contributed by atoms with E-state index in [1.165, 1.54) is 23.3 Å². The molecule has 1 aliphatic heterocycles. The maximum atomic E-state index is 13.8. The second kappa shape index (κ2) is 12.5. The molecule has 5 rings (SSSR count). The van der Waals surface area contributed by atoms with Crippen LogP contribution in [-0.2, 0) is 19.1 Å². The van der Waals surface area contributed by atoms with Gasteiger partial charge in [-0.2, -0.15) is 0 Å². The average molecular weight is 651 g/mol. The molecule has 0 spiro atoms. The standard InChI is InChI=1S/C34H42N4O7S/c1-10-20-15-34(20,31(40)43-9)37-29(39)25-13-21(16-38(25)32(41)45-33(5,6)7)44-27-14-23(30-36-24(17-46-30)18(2)3)35-28-19(4)26(42-8)12-11-22(27)28/h10-12,14,17-18,20-21,25H,1,13,15-16H2,2-9H3,(H,37,39)/t20-,21-,25+,34-/m1/s1. The summed E-state index contributed by atoms with van der Waals surface area (Å²) in [5.74, 6) is 0.190. The first kappa shape index (κ1) is 33.2. The maximum Gasteiger partial charge on any atom is 0.411 e. The fourth-order valence-corrected chi connectivity index (χ4v) is 6.74. The number of aryl methyl sites for hydroxylation is 1. The summed E-state index contributed by atoms with van der Waals surface area (Å²) < 4.78 is 22.9. The average Bonchev–Trinajstić information content (AvgIpc) is 3.31. The number of thiazole rings is 1. The van der Waals surface area contributed by atoms with Crippen LogP contribution in [0.3, 0.4) is 0 Å². The smallest absolute Gasteiger partial charge is 0.411 e. The van der Waals surface area contributed by atoms with Crippen LogP contribution in [0.2, 0.25) is 0 Å². The number of methoxy groups -OCH3 is 2. The zero-order chi connectivity index (χ0) is 33.6. The third kappa shape index (κ3) is 6.40. The Morgan fingerprint density at radius 3 is 2.50 bits per heavy atom. The Balaban J connectivity index is 1.50. The van der Waals surface area contributed by atoms with Gasteiger partial charge in [0.25, 0.3) is 0 Å². The fraction of sp³-hybridized carbons (Fsp3) is 0.500. The Kier molecular flexibility index (Phi) is 9.05. The van der Waals surface area contributed by atoms with E-state index < -0.39 is 41.3 Å². The van der Waals surface area contributed by atoms with Gasteiger partial charge in [0.05, 0.1) is 32.0 Å². The lowest BCUT2D eigenvalue weighted by Gasteiger charge is -2.28. The number of likely N-dealkylation sites (tertiary alicyclic amines) is 1. The second-order valence-electron chi connectivity index (χ2n) is 13.1. The van der Waals surface area contributed by atoms with Crippen molar-refractivity contribution in [3.8, 4) is 22.2 Å². The number of esters is 1. The molecule has 0 bridgehead atoms. The highest BCUT2D eigenvalue weighted by Gasteiger charge is 2.62. The third-order valence-corrected chi connectivity index (χ3v) is 9.26. The van der Waals surface area contributed by atoms with Crippen LogP contribution in [-0.4, -0.2) is 76.9 Å². The normalized spacial score (nSPS) is 22.5. The Morgan fingerprint density at radius 1 is 1.17 bits per heavy atom. The Bertz CT molecular complexity index is 1680. The minimum Gasteiger partial charge on any atom is -0.496 e. The van der Waals surface area contributed by atoms with E-state index in [4.69, 9.17) is 28.9 Å². The van der Waals surface area contributed by atoms with Crippen molar-refractivity contribution in [3.05, 3.63) is 47.5 Å². The maximum absolute atomic E-state index is 13.8. The molecule has 0 unspecified atom stereocenters. The second-order valence-corrected chi connectivity index (χ2v) is 14.0. The third-order valence-electron chi connectivity index (χ3n) is 8.38. The highest BCUT2D eigenvalue weighted by molar-refractivity contribution is 7.13. The summed E-state index contributed by atoms with van der Waals surface area (Å²) in [6, 6.07) is 4.66. The quantitative estimate of drug-likeness (QED) is 0.226. The van der Waals surface area contributed by atoms with Crippen LogP contribution in [0.5, 0.6) is 11.5 Å². The number of pyridine rings is 1. The molecule has 2 amide bonds. The largest absolute Gasteiger partial charge is 0.496 e. The van der Waals surface area contributed by atoms with Gasteiger partial charge in [0.2, 0.25) is 5.91 Å². The zero-order valence-corrected chi connectivity index (χ0v) is 28.4. The van der Waals surface area contributed by atoms with Crippen LogP contribution in [0.1, 0.15) is 64.6 Å². The molecule has 1 saturated heterocycles. The molecule has 246 valence electrons. The number of carbonyl (C=O) groups is 3. The van der Waals surface area contributed by atoms with Crippen molar-refractivity contribution in [1.82, 2.24) is 20.2 Å². The fourth-order valence-electron chi connectivity index (χ4n) is 5.80. The number of nitrogens with one attached hydrogen (secondary N) is 1. The first-order valence-electron chi connectivity index (χ1n) is 15.3. The SMILES string of the molecule is C=C[C@@H]1C[C@]1(NC(=O)[C@@H]1C[C@@H](Oc2cc(-c3nc(C(C)C)cs3)nc3c(C)c(OC)ccc23)CN1C(=O)OC(C)(C)C)C(=O)OC. The van der Waals surface area contributed by atoms with Crippen LogP contribution in [0.15, 0.2) is 36.2 Å². The summed E-state index contributed by atoms with van der Waals surface area (Å²) in [5, 5.41) is 6.41. The summed E-state index contributed by atoms with van der Waals surface area (Å²) in [6.07, 6.45) is 0.947. The summed E-state index contributed by atoms with van der Waals surface area (Å²) in [6.45, 7) is 15.3. The number of rotatable bonds is 9. The zero-order valence-electron chi connectivity index (χ0n) is 27.6. The van der Waals surface area contributed by atoms with Gasteiger partial charge in [0.15, 0.2) is 0 Å². The van der Waals surface area contributed by atoms with Gasteiger partial charge < -0.3 is 24.3 Å². The van der Waals surface area contributed by atoms with E-state index in [0.29, 0.717) is 29.1 Å². The van der Waals surface area contributed by atoms with Crippen molar-refractivity contribution in [1.29, 1.82) is 0 Å². The van der Waals surface area contributed by atoms with Crippen LogP contribution in [0.4, 0.5) is 4.79 Å². The number of aromatic nitrogens is 2. The molecule has 1 aliphatic carbocycles. The molecule has 4 atom stereocenters. The number of hydrogen-bond acceptors (Lipinski definition) is 10. The van der Waals surface area contributed by atoms with Gasteiger partial charge in [-0.1, -0.05) is 19.9 Å². The number of benzene rings is 1. The van der Waals surface area contributed by atoms with Crippen molar-refractivity contribution >= 4 is 40.2 Å². The van der Waals surface area contributed by atoms with Gasteiger partial charge in [-0.15, -0.1) is 17.9 Å². The summed E-state index contributed by atoms with van der Waals surface area (Å²) in [5.41, 5.74) is 1.18. The summed E-state index contributed by atoms with van der Waals surface area (Å²) >= 11 is 1.51. The van der Waals surface area contributed by atoms with Crippen molar-refractivity contribution in [3.63, 3.8) is 0 Å². The molecule has 3 heterocycles. The van der Waals surface area contributed by atoms with Crippen LogP contribution >= 0.6 is 11.3 Å². The van der Waals surface area contributed by atoms with Gasteiger partial charge >= 0.3 is 12.1 Å². The number of fused-ring (bicyclic) bond motifs is 1. The summed E-state index contributed by atoms with van der Waals surface area (Å²) in [7, 11) is 2.89. The number of hydrogen-bond donors (Lipinski definition) is 1. The number of carbonyl (C=O) groups excluding carboxylic acids is 3. The molecule has 3 aromatic rings. The predicted octanol–water partition coefficient (Wildman–Crippen LogP) is 5.79. The minimum atomic E-state index is -1.21. The van der Waals surface area contributed by atoms with Crippen LogP contribution in [0.25, 0.3) is 21.6 Å². The molecule has 1 aromatic carbocycles. The van der Waals surface area contributed by atoms with Gasteiger partial charge in [0.1, 0.15) is 45.5 Å². The molecule has 1 N–H and O–H groups in total. The molecule has 2 aliphatic rings. The van der Waals surface area contributed by atoms with Crippen LogP contribution in [0, 0.1) is 12.8 Å². The van der Waals surface area contributed by atoms with Gasteiger partial charge in [-0.25, -0.2) is 19.6 Å². The number of ether oxygens (including phenoxy) is 4. The van der Waals surface area contributed by atoms with Crippen molar-refractivity contribution in [2.24, 2.45) is 5.92 Å². The van der Waals surface area contributed by atoms with Gasteiger partial charge in [-0.3, -0.25) is 9.69 Å². The van der Waals surface area contributed by atoms with Crippen molar-refractivity contribution in [2.75, 3.05) is 20.8 Å². The lowest BCUT2D eigenvalue weighted by molar-refractivity contribution is -0.147. The first-order valence-corrected chi connectivity index (χ1v) is 16.2. The highest BCUT2D eigenvalue weighted by Crippen LogP contribution is 2.46. The van der Waals surface area contributed by atoms with E-state index in [1.54, 1.807) is 34.0 Å². The first-order chi connectivity index (χ1) is 21.7. The molecular weight excluding hydrogens is 608 g/mol. The molecule has 11 nitrogen and oxygen atoms in total.